The standard InChI is InChI=1S/C14H27NO6SSi2/c1-8(16)9-11(17)15(12(9)22)10(13(18)20-23(2,3)4)14(19)21-24(5,6)7/h8-10,12,16,22H,1-7H3/t8?,9-,12-/m1/s1. The molecule has 1 saturated heterocycles. The molecule has 1 fully saturated rings. The molecule has 7 nitrogen and oxygen atoms in total. The Balaban J connectivity index is 3.09. The third-order valence-corrected chi connectivity index (χ3v) is 5.40. The van der Waals surface area contributed by atoms with Gasteiger partial charge in [0.1, 0.15) is 0 Å². The van der Waals surface area contributed by atoms with Gasteiger partial charge in [0.25, 0.3) is 0 Å². The summed E-state index contributed by atoms with van der Waals surface area (Å²) < 4.78 is 10.8. The van der Waals surface area contributed by atoms with Crippen LogP contribution >= 0.6 is 12.6 Å². The minimum atomic E-state index is -2.26. The molecule has 1 heterocycles. The molecule has 0 saturated carbocycles. The zero-order chi connectivity index (χ0) is 19.0. The molecule has 10 heteroatoms. The third-order valence-electron chi connectivity index (χ3n) is 3.20. The monoisotopic (exact) mass is 393 g/mol. The number of β-lactam (4-membered cyclic amide) rings is 1. The highest BCUT2D eigenvalue weighted by Gasteiger charge is 2.56. The molecule has 1 N–H and O–H groups in total. The molecule has 0 spiro atoms. The molecule has 0 aromatic rings. The van der Waals surface area contributed by atoms with Crippen LogP contribution in [0.4, 0.5) is 0 Å². The molecule has 24 heavy (non-hydrogen) atoms. The van der Waals surface area contributed by atoms with Crippen LogP contribution in [0.5, 0.6) is 0 Å². The van der Waals surface area contributed by atoms with Crippen LogP contribution < -0.4 is 0 Å². The van der Waals surface area contributed by atoms with Gasteiger partial charge in [-0.05, 0) is 46.2 Å². The first-order valence-electron chi connectivity index (χ1n) is 7.80. The van der Waals surface area contributed by atoms with E-state index >= 15 is 0 Å². The molecule has 1 amide bonds. The van der Waals surface area contributed by atoms with Gasteiger partial charge in [0.05, 0.1) is 17.4 Å². The predicted octanol–water partition coefficient (Wildman–Crippen LogP) is 1.21. The van der Waals surface area contributed by atoms with E-state index < -0.39 is 57.9 Å². The van der Waals surface area contributed by atoms with Crippen LogP contribution in [0.2, 0.25) is 39.3 Å². The number of rotatable bonds is 6. The van der Waals surface area contributed by atoms with Crippen LogP contribution in [0.3, 0.4) is 0 Å². The highest BCUT2D eigenvalue weighted by atomic mass is 32.1. The molecule has 3 atom stereocenters. The van der Waals surface area contributed by atoms with Crippen LogP contribution in [-0.2, 0) is 23.2 Å². The first-order chi connectivity index (χ1) is 10.7. The maximum absolute atomic E-state index is 12.5. The predicted molar refractivity (Wildman–Crippen MR) is 97.5 cm³/mol. The molecule has 1 unspecified atom stereocenters. The number of carbonyl (C=O) groups is 3. The second kappa shape index (κ2) is 7.18. The lowest BCUT2D eigenvalue weighted by atomic mass is 9.91. The van der Waals surface area contributed by atoms with Gasteiger partial charge in [-0.1, -0.05) is 0 Å². The highest BCUT2D eigenvalue weighted by Crippen LogP contribution is 2.35. The fraction of sp³-hybridized carbons (Fsp3) is 0.786. The van der Waals surface area contributed by atoms with E-state index in [1.54, 1.807) is 39.3 Å². The number of nitrogens with zero attached hydrogens (tertiary/aromatic N) is 1. The van der Waals surface area contributed by atoms with Crippen LogP contribution in [0.25, 0.3) is 0 Å². The van der Waals surface area contributed by atoms with Crippen molar-refractivity contribution in [2.24, 2.45) is 5.92 Å². The summed E-state index contributed by atoms with van der Waals surface area (Å²) in [5, 5.41) is 8.90. The summed E-state index contributed by atoms with van der Waals surface area (Å²) in [5.41, 5.74) is 0. The van der Waals surface area contributed by atoms with Gasteiger partial charge >= 0.3 is 11.9 Å². The molecular weight excluding hydrogens is 366 g/mol. The highest BCUT2D eigenvalue weighted by molar-refractivity contribution is 7.81. The summed E-state index contributed by atoms with van der Waals surface area (Å²) in [7, 11) is -4.53. The zero-order valence-electron chi connectivity index (χ0n) is 15.2. The van der Waals surface area contributed by atoms with E-state index in [2.05, 4.69) is 12.6 Å². The number of amides is 1. The summed E-state index contributed by atoms with van der Waals surface area (Å²) in [6, 6.07) is -1.48. The van der Waals surface area contributed by atoms with Crippen molar-refractivity contribution in [3.63, 3.8) is 0 Å². The van der Waals surface area contributed by atoms with Crippen molar-refractivity contribution >= 4 is 47.1 Å². The summed E-state index contributed by atoms with van der Waals surface area (Å²) in [5.74, 6) is -2.85. The van der Waals surface area contributed by atoms with Gasteiger partial charge in [-0.25, -0.2) is 0 Å². The van der Waals surface area contributed by atoms with Crippen LogP contribution in [0.15, 0.2) is 0 Å². The minimum absolute atomic E-state index is 0.505. The number of aliphatic hydroxyl groups excluding tert-OH is 1. The van der Waals surface area contributed by atoms with E-state index in [0.29, 0.717) is 0 Å². The Hall–Kier alpha value is -0.846. The van der Waals surface area contributed by atoms with Gasteiger partial charge in [-0.2, -0.15) is 12.6 Å². The molecule has 0 radical (unpaired) electrons. The summed E-state index contributed by atoms with van der Waals surface area (Å²) in [6.07, 6.45) is -0.919. The van der Waals surface area contributed by atoms with E-state index in [9.17, 15) is 19.5 Å². The smallest absolute Gasteiger partial charge is 0.327 e. The summed E-state index contributed by atoms with van der Waals surface area (Å²) in [4.78, 5) is 38.4. The first-order valence-corrected chi connectivity index (χ1v) is 15.1. The third kappa shape index (κ3) is 5.07. The topological polar surface area (TPSA) is 93.1 Å². The largest absolute Gasteiger partial charge is 0.518 e. The van der Waals surface area contributed by atoms with Crippen molar-refractivity contribution < 1.29 is 28.3 Å². The van der Waals surface area contributed by atoms with Crippen molar-refractivity contribution in [1.82, 2.24) is 4.90 Å². The van der Waals surface area contributed by atoms with Gasteiger partial charge in [0, 0.05) is 0 Å². The van der Waals surface area contributed by atoms with Crippen molar-refractivity contribution in [1.29, 1.82) is 0 Å². The molecule has 1 aliphatic heterocycles. The molecule has 1 aliphatic rings. The normalized spacial score (nSPS) is 22.9. The van der Waals surface area contributed by atoms with Crippen molar-refractivity contribution in [2.75, 3.05) is 0 Å². The molecule has 1 rings (SSSR count). The summed E-state index contributed by atoms with van der Waals surface area (Å²) >= 11 is 4.28. The lowest BCUT2D eigenvalue weighted by Crippen LogP contribution is -2.69. The molecular formula is C14H27NO6SSi2. The van der Waals surface area contributed by atoms with E-state index in [1.165, 1.54) is 6.92 Å². The second-order valence-corrected chi connectivity index (χ2v) is 17.3. The Labute approximate surface area is 150 Å². The van der Waals surface area contributed by atoms with Crippen LogP contribution in [0, 0.1) is 5.92 Å². The fourth-order valence-electron chi connectivity index (χ4n) is 2.29. The van der Waals surface area contributed by atoms with Crippen LogP contribution in [0.1, 0.15) is 6.92 Å². The molecule has 0 aromatic carbocycles. The Kier molecular flexibility index (Phi) is 6.34. The first kappa shape index (κ1) is 21.2. The van der Waals surface area contributed by atoms with Gasteiger partial charge in [-0.15, -0.1) is 0 Å². The Morgan fingerprint density at radius 2 is 1.46 bits per heavy atom. The van der Waals surface area contributed by atoms with E-state index in [1.807, 2.05) is 0 Å². The van der Waals surface area contributed by atoms with Gasteiger partial charge in [0.15, 0.2) is 0 Å². The number of carbonyl (C=O) groups excluding carboxylic acids is 3. The Bertz CT molecular complexity index is 500. The van der Waals surface area contributed by atoms with Crippen molar-refractivity contribution in [3.05, 3.63) is 0 Å². The maximum Gasteiger partial charge on any atom is 0.327 e. The zero-order valence-corrected chi connectivity index (χ0v) is 18.1. The lowest BCUT2D eigenvalue weighted by molar-refractivity contribution is -0.175. The average molecular weight is 394 g/mol. The van der Waals surface area contributed by atoms with Crippen LogP contribution in [-0.4, -0.2) is 62.0 Å². The fourth-order valence-corrected chi connectivity index (χ4v) is 4.35. The maximum atomic E-state index is 12.5. The van der Waals surface area contributed by atoms with Crippen molar-refractivity contribution in [2.45, 2.75) is 63.7 Å². The number of hydrogen-bond acceptors (Lipinski definition) is 7. The van der Waals surface area contributed by atoms with Gasteiger partial charge in [-0.3, -0.25) is 14.4 Å². The minimum Gasteiger partial charge on any atom is -0.518 e. The van der Waals surface area contributed by atoms with Gasteiger partial charge in [0.2, 0.25) is 28.6 Å². The van der Waals surface area contributed by atoms with E-state index in [-0.39, 0.29) is 0 Å². The summed E-state index contributed by atoms with van der Waals surface area (Å²) in [6.45, 7) is 12.3. The Morgan fingerprint density at radius 3 is 1.71 bits per heavy atom. The number of hydrogen-bond donors (Lipinski definition) is 2. The number of thiol groups is 1. The SMILES string of the molecule is CC(O)[C@@H]1C(=O)N(C(C(=O)O[Si](C)(C)C)C(=O)O[Si](C)(C)C)[C@@H]1S. The Morgan fingerprint density at radius 1 is 1.08 bits per heavy atom. The van der Waals surface area contributed by atoms with E-state index in [0.717, 1.165) is 4.90 Å². The number of likely N-dealkylation sites (tertiary alicyclic amines) is 1. The molecule has 138 valence electrons. The molecule has 0 aliphatic carbocycles. The number of aliphatic hydroxyl groups is 1. The lowest BCUT2D eigenvalue weighted by Gasteiger charge is -2.48. The average Bonchev–Trinajstić information content (AvgIpc) is 2.30. The van der Waals surface area contributed by atoms with Crippen molar-refractivity contribution in [3.8, 4) is 0 Å². The quantitative estimate of drug-likeness (QED) is 0.305. The van der Waals surface area contributed by atoms with E-state index in [4.69, 9.17) is 8.85 Å². The second-order valence-electron chi connectivity index (χ2n) is 7.89. The molecule has 0 bridgehead atoms. The molecule has 0 aromatic heterocycles. The van der Waals surface area contributed by atoms with Gasteiger partial charge < -0.3 is 18.9 Å².